The van der Waals surface area contributed by atoms with E-state index in [0.717, 1.165) is 11.1 Å². The first-order valence-corrected chi connectivity index (χ1v) is 14.4. The second-order valence-corrected chi connectivity index (χ2v) is 12.6. The summed E-state index contributed by atoms with van der Waals surface area (Å²) >= 11 is 0. The number of carbonyl (C=O) groups excluding carboxylic acids is 1. The Kier molecular flexibility index (Phi) is 4.63. The molecule has 1 amide bonds. The van der Waals surface area contributed by atoms with Crippen molar-refractivity contribution in [2.45, 2.75) is 74.7 Å². The van der Waals surface area contributed by atoms with Gasteiger partial charge < -0.3 is 29.9 Å². The molecule has 3 aliphatic carbocycles. The molecule has 1 spiro atoms. The van der Waals surface area contributed by atoms with Crippen LogP contribution in [0.3, 0.4) is 0 Å². The molecule has 2 bridgehead atoms. The predicted octanol–water partition coefficient (Wildman–Crippen LogP) is 3.48. The third-order valence-electron chi connectivity index (χ3n) is 9.71. The lowest BCUT2D eigenvalue weighted by Gasteiger charge is -2.62. The third-order valence-corrected chi connectivity index (χ3v) is 9.71. The number of benzene rings is 2. The maximum Gasteiger partial charge on any atom is 0.252 e. The maximum absolute atomic E-state index is 14.0. The van der Waals surface area contributed by atoms with Gasteiger partial charge in [0, 0.05) is 34.2 Å². The average molecular weight is 574 g/mol. The Labute approximate surface area is 247 Å². The molecule has 10 heteroatoms. The highest BCUT2D eigenvalue weighted by atomic mass is 16.5. The minimum atomic E-state index is -2.04. The molecule has 3 aromatic rings. The fraction of sp³-hybridized carbons (Fsp3) is 0.469. The number of rotatable bonds is 6. The number of carbonyl (C=O) groups is 1. The molecule has 5 aliphatic rings. The predicted molar refractivity (Wildman–Crippen MR) is 151 cm³/mol. The number of nitrogens with zero attached hydrogens (tertiary/aromatic N) is 3. The smallest absolute Gasteiger partial charge is 0.252 e. The molecular formula is C32H34N4O6. The molecule has 4 N–H and O–H groups in total. The molecule has 3 heterocycles. The summed E-state index contributed by atoms with van der Waals surface area (Å²) in [6, 6.07) is 11.7. The summed E-state index contributed by atoms with van der Waals surface area (Å²) in [5, 5.41) is 42.4. The molecule has 0 unspecified atom stereocenters. The number of aromatic nitrogens is 2. The summed E-state index contributed by atoms with van der Waals surface area (Å²) < 4.78 is 38.6. The minimum Gasteiger partial charge on any atom is -0.508 e. The molecule has 0 radical (unpaired) electrons. The standard InChI is InChI=1S/C32H34N4O6/c1-30(2,29-33-27(35-42-29)18-6-4-3-5-7-18)34-28(39)20-15-32(40)22-14-19-10-11-21(37)25-23(19)31(32,26(41-25)24(20)38)12-13-36(22)16-17-8-9-17/h3-7,10-11,17,22,26,37-38,40H,8-9,12-16H2,1-2H3,(H,34,39)/t22-,26-,31-,32-/m1/s1/i16D2,17D. The van der Waals surface area contributed by atoms with Crippen molar-refractivity contribution in [1.29, 1.82) is 0 Å². The molecule has 2 aliphatic heterocycles. The van der Waals surface area contributed by atoms with E-state index in [1.807, 2.05) is 30.3 Å². The number of aromatic hydroxyl groups is 1. The van der Waals surface area contributed by atoms with Crippen LogP contribution in [0.1, 0.15) is 60.7 Å². The Morgan fingerprint density at radius 3 is 2.79 bits per heavy atom. The lowest BCUT2D eigenvalue weighted by atomic mass is 9.49. The van der Waals surface area contributed by atoms with E-state index in [9.17, 15) is 20.1 Å². The van der Waals surface area contributed by atoms with Gasteiger partial charge in [0.25, 0.3) is 11.8 Å². The van der Waals surface area contributed by atoms with E-state index in [4.69, 9.17) is 13.4 Å². The normalized spacial score (nSPS) is 31.8. The second kappa shape index (κ2) is 8.58. The van der Waals surface area contributed by atoms with Gasteiger partial charge in [-0.3, -0.25) is 9.69 Å². The van der Waals surface area contributed by atoms with E-state index >= 15 is 0 Å². The van der Waals surface area contributed by atoms with Crippen molar-refractivity contribution in [2.75, 3.05) is 13.0 Å². The van der Waals surface area contributed by atoms with Crippen molar-refractivity contribution in [3.05, 3.63) is 70.8 Å². The van der Waals surface area contributed by atoms with E-state index in [-0.39, 0.29) is 54.5 Å². The van der Waals surface area contributed by atoms with Crippen molar-refractivity contribution >= 4 is 5.91 Å². The van der Waals surface area contributed by atoms with Crippen LogP contribution in [0, 0.1) is 5.89 Å². The zero-order chi connectivity index (χ0) is 31.7. The Morgan fingerprint density at radius 2 is 2.02 bits per heavy atom. The number of phenolic OH excluding ortho intramolecular Hbond substituents is 1. The lowest BCUT2D eigenvalue weighted by molar-refractivity contribution is -0.172. The Balaban J connectivity index is 1.19. The zero-order valence-corrected chi connectivity index (χ0v) is 23.3. The van der Waals surface area contributed by atoms with Crippen LogP contribution >= 0.6 is 0 Å². The Bertz CT molecular complexity index is 1790. The number of amides is 1. The molecule has 42 heavy (non-hydrogen) atoms. The van der Waals surface area contributed by atoms with Gasteiger partial charge in [-0.15, -0.1) is 0 Å². The second-order valence-electron chi connectivity index (χ2n) is 12.6. The van der Waals surface area contributed by atoms with Crippen molar-refractivity contribution in [3.8, 4) is 22.9 Å². The summed E-state index contributed by atoms with van der Waals surface area (Å²) in [5.74, 6) is -1.80. The van der Waals surface area contributed by atoms with Crippen LogP contribution < -0.4 is 10.1 Å². The van der Waals surface area contributed by atoms with Crippen molar-refractivity contribution in [3.63, 3.8) is 0 Å². The van der Waals surface area contributed by atoms with Gasteiger partial charge in [-0.25, -0.2) is 0 Å². The number of likely N-dealkylation sites (tertiary alicyclic amines) is 1. The fourth-order valence-electron chi connectivity index (χ4n) is 7.54. The third kappa shape index (κ3) is 3.42. The van der Waals surface area contributed by atoms with Crippen LogP contribution in [0.25, 0.3) is 11.4 Å². The fourth-order valence-corrected chi connectivity index (χ4v) is 7.54. The highest BCUT2D eigenvalue weighted by Crippen LogP contribution is 2.66. The number of piperidine rings is 1. The number of ether oxygens (including phenoxy) is 1. The van der Waals surface area contributed by atoms with Crippen LogP contribution in [0.5, 0.6) is 11.5 Å². The van der Waals surface area contributed by atoms with Gasteiger partial charge in [0.05, 0.1) is 16.6 Å². The van der Waals surface area contributed by atoms with Crippen LogP contribution in [0.4, 0.5) is 0 Å². The number of hydrogen-bond acceptors (Lipinski definition) is 9. The molecule has 10 nitrogen and oxygen atoms in total. The number of phenols is 1. The molecule has 2 fully saturated rings. The van der Waals surface area contributed by atoms with Crippen molar-refractivity contribution in [1.82, 2.24) is 20.4 Å². The summed E-state index contributed by atoms with van der Waals surface area (Å²) in [6.07, 6.45) is -0.236. The van der Waals surface area contributed by atoms with Gasteiger partial charge in [-0.1, -0.05) is 41.6 Å². The summed E-state index contributed by atoms with van der Waals surface area (Å²) in [4.78, 5) is 20.1. The maximum atomic E-state index is 14.0. The summed E-state index contributed by atoms with van der Waals surface area (Å²) in [6.45, 7) is 1.54. The number of hydrogen-bond donors (Lipinski definition) is 4. The Morgan fingerprint density at radius 1 is 1.24 bits per heavy atom. The quantitative estimate of drug-likeness (QED) is 0.349. The topological polar surface area (TPSA) is 141 Å². The van der Waals surface area contributed by atoms with Crippen LogP contribution in [0.2, 0.25) is 0 Å². The highest BCUT2D eigenvalue weighted by molar-refractivity contribution is 5.95. The SMILES string of the molecule is [2H]C1(C([2H])([2H])N2CC[C@@]34c5c6ccc(O)c5O[C@@H]3C(O)=C(C(=O)NC(C)(C)c3nc(-c5ccccc5)no3)C[C@@]4(O)[C@H]2C6)CC1. The van der Waals surface area contributed by atoms with Gasteiger partial charge in [0.15, 0.2) is 17.6 Å². The van der Waals surface area contributed by atoms with E-state index in [1.165, 1.54) is 6.07 Å². The number of aliphatic hydroxyl groups excluding tert-OH is 1. The van der Waals surface area contributed by atoms with Gasteiger partial charge >= 0.3 is 0 Å². The molecule has 2 aromatic carbocycles. The van der Waals surface area contributed by atoms with E-state index < -0.39 is 47.0 Å². The van der Waals surface area contributed by atoms with Crippen LogP contribution in [0.15, 0.2) is 58.3 Å². The molecule has 218 valence electrons. The molecule has 1 aromatic heterocycles. The van der Waals surface area contributed by atoms with Crippen molar-refractivity contribution in [2.24, 2.45) is 5.89 Å². The monoisotopic (exact) mass is 573 g/mol. The summed E-state index contributed by atoms with van der Waals surface area (Å²) in [7, 11) is 0. The van der Waals surface area contributed by atoms with Crippen LogP contribution in [-0.4, -0.2) is 67.1 Å². The first-order valence-electron chi connectivity index (χ1n) is 15.9. The van der Waals surface area contributed by atoms with Gasteiger partial charge in [-0.2, -0.15) is 4.98 Å². The zero-order valence-electron chi connectivity index (χ0n) is 26.3. The molecule has 4 atom stereocenters. The molecule has 1 saturated carbocycles. The first kappa shape index (κ1) is 22.7. The lowest BCUT2D eigenvalue weighted by Crippen LogP contribution is -2.76. The van der Waals surface area contributed by atoms with Gasteiger partial charge in [0.2, 0.25) is 5.82 Å². The molecular weight excluding hydrogens is 536 g/mol. The van der Waals surface area contributed by atoms with Crippen LogP contribution in [-0.2, 0) is 22.2 Å². The van der Waals surface area contributed by atoms with Gasteiger partial charge in [0.1, 0.15) is 11.3 Å². The largest absolute Gasteiger partial charge is 0.508 e. The van der Waals surface area contributed by atoms with Gasteiger partial charge in [-0.05, 0) is 63.6 Å². The van der Waals surface area contributed by atoms with Crippen molar-refractivity contribution < 1.29 is 33.5 Å². The first-order chi connectivity index (χ1) is 21.2. The number of aliphatic hydroxyl groups is 2. The molecule has 8 rings (SSSR count). The summed E-state index contributed by atoms with van der Waals surface area (Å²) in [5.41, 5.74) is -2.16. The molecule has 1 saturated heterocycles. The van der Waals surface area contributed by atoms with E-state index in [1.54, 1.807) is 24.8 Å². The van der Waals surface area contributed by atoms with E-state index in [2.05, 4.69) is 15.5 Å². The highest BCUT2D eigenvalue weighted by Gasteiger charge is 2.73. The number of nitrogens with one attached hydrogen (secondary N) is 1. The average Bonchev–Trinajstić information content (AvgIpc) is 3.40. The minimum absolute atomic E-state index is 0.107. The Hall–Kier alpha value is -3.89. The van der Waals surface area contributed by atoms with E-state index in [0.29, 0.717) is 24.2 Å².